The summed E-state index contributed by atoms with van der Waals surface area (Å²) in [5, 5.41) is 3.19. The smallest absolute Gasteiger partial charge is 0.356 e. The molecule has 0 spiro atoms. The van der Waals surface area contributed by atoms with Gasteiger partial charge in [0.2, 0.25) is 0 Å². The number of nitrogens with two attached hydrogens (primary N) is 1. The summed E-state index contributed by atoms with van der Waals surface area (Å²) in [6.07, 6.45) is 0. The number of ether oxygens (including phenoxy) is 1. The third-order valence-electron chi connectivity index (χ3n) is 3.38. The number of nitrogen functional groups attached to an aromatic ring is 1. The van der Waals surface area contributed by atoms with Crippen LogP contribution in [-0.4, -0.2) is 24.6 Å². The molecule has 0 radical (unpaired) electrons. The highest BCUT2D eigenvalue weighted by molar-refractivity contribution is 5.88. The number of pyridine rings is 1. The summed E-state index contributed by atoms with van der Waals surface area (Å²) in [6.45, 7) is 9.45. The fourth-order valence-electron chi connectivity index (χ4n) is 1.39. The van der Waals surface area contributed by atoms with Crippen LogP contribution < -0.4 is 11.1 Å². The van der Waals surface area contributed by atoms with E-state index in [4.69, 9.17) is 5.73 Å². The maximum absolute atomic E-state index is 11.4. The lowest BCUT2D eigenvalue weighted by Gasteiger charge is -2.27. The topological polar surface area (TPSA) is 77.2 Å². The minimum atomic E-state index is -0.466. The van der Waals surface area contributed by atoms with Gasteiger partial charge in [-0.15, -0.1) is 0 Å². The van der Waals surface area contributed by atoms with E-state index < -0.39 is 5.97 Å². The summed E-state index contributed by atoms with van der Waals surface area (Å²) in [4.78, 5) is 15.6. The average molecular weight is 265 g/mol. The molecule has 0 amide bonds. The minimum absolute atomic E-state index is 0.196. The standard InChI is InChI=1S/C14H23N3O2/c1-9(14(2,3)4)8-16-12-10(15)6-7-11(17-12)13(18)19-5/h6-7,9H,8,15H2,1-5H3,(H,16,17). The summed E-state index contributed by atoms with van der Waals surface area (Å²) in [6, 6.07) is 3.21. The van der Waals surface area contributed by atoms with Crippen LogP contribution in [0.25, 0.3) is 0 Å². The summed E-state index contributed by atoms with van der Waals surface area (Å²) in [7, 11) is 1.33. The largest absolute Gasteiger partial charge is 0.464 e. The lowest BCUT2D eigenvalue weighted by atomic mass is 9.82. The maximum atomic E-state index is 11.4. The Morgan fingerprint density at radius 1 is 1.47 bits per heavy atom. The van der Waals surface area contributed by atoms with Crippen molar-refractivity contribution >= 4 is 17.5 Å². The van der Waals surface area contributed by atoms with E-state index in [-0.39, 0.29) is 11.1 Å². The highest BCUT2D eigenvalue weighted by Gasteiger charge is 2.20. The van der Waals surface area contributed by atoms with Crippen molar-refractivity contribution in [2.24, 2.45) is 11.3 Å². The Morgan fingerprint density at radius 3 is 2.63 bits per heavy atom. The Kier molecular flexibility index (Phi) is 4.75. The molecule has 3 N–H and O–H groups in total. The van der Waals surface area contributed by atoms with Crippen LogP contribution in [0.1, 0.15) is 38.2 Å². The Hall–Kier alpha value is -1.78. The van der Waals surface area contributed by atoms with E-state index >= 15 is 0 Å². The number of anilines is 2. The van der Waals surface area contributed by atoms with Crippen LogP contribution in [0, 0.1) is 11.3 Å². The summed E-state index contributed by atoms with van der Waals surface area (Å²) >= 11 is 0. The van der Waals surface area contributed by atoms with Crippen LogP contribution in [-0.2, 0) is 4.74 Å². The predicted molar refractivity (Wildman–Crippen MR) is 77.1 cm³/mol. The van der Waals surface area contributed by atoms with Crippen LogP contribution in [0.3, 0.4) is 0 Å². The van der Waals surface area contributed by atoms with Gasteiger partial charge in [0.1, 0.15) is 5.82 Å². The van der Waals surface area contributed by atoms with Gasteiger partial charge in [-0.05, 0) is 23.5 Å². The molecule has 19 heavy (non-hydrogen) atoms. The number of nitrogens with one attached hydrogen (secondary N) is 1. The second kappa shape index (κ2) is 5.91. The fourth-order valence-corrected chi connectivity index (χ4v) is 1.39. The zero-order valence-corrected chi connectivity index (χ0v) is 12.3. The zero-order valence-electron chi connectivity index (χ0n) is 12.3. The third-order valence-corrected chi connectivity index (χ3v) is 3.38. The van der Waals surface area contributed by atoms with Crippen LogP contribution in [0.2, 0.25) is 0 Å². The second-order valence-electron chi connectivity index (χ2n) is 5.77. The molecule has 5 nitrogen and oxygen atoms in total. The lowest BCUT2D eigenvalue weighted by molar-refractivity contribution is 0.0594. The SMILES string of the molecule is COC(=O)c1ccc(N)c(NCC(C)C(C)(C)C)n1. The third kappa shape index (κ3) is 4.12. The number of carbonyl (C=O) groups is 1. The van der Waals surface area contributed by atoms with Crippen molar-refractivity contribution in [2.45, 2.75) is 27.7 Å². The Labute approximate surface area is 114 Å². The number of methoxy groups -OCH3 is 1. The summed E-state index contributed by atoms with van der Waals surface area (Å²) in [5.41, 5.74) is 6.82. The molecule has 106 valence electrons. The van der Waals surface area contributed by atoms with E-state index in [1.165, 1.54) is 7.11 Å². The van der Waals surface area contributed by atoms with Gasteiger partial charge in [0.15, 0.2) is 5.69 Å². The van der Waals surface area contributed by atoms with E-state index in [0.29, 0.717) is 17.4 Å². The molecule has 1 rings (SSSR count). The summed E-state index contributed by atoms with van der Waals surface area (Å²) in [5.74, 6) is 0.501. The number of rotatable bonds is 4. The molecule has 1 atom stereocenters. The van der Waals surface area contributed by atoms with Crippen LogP contribution >= 0.6 is 0 Å². The predicted octanol–water partition coefficient (Wildman–Crippen LogP) is 2.54. The molecule has 0 aromatic carbocycles. The Bertz CT molecular complexity index is 452. The number of hydrogen-bond acceptors (Lipinski definition) is 5. The van der Waals surface area contributed by atoms with Gasteiger partial charge in [0.25, 0.3) is 0 Å². The first-order valence-corrected chi connectivity index (χ1v) is 6.34. The van der Waals surface area contributed by atoms with E-state index in [9.17, 15) is 4.79 Å². The molecule has 1 heterocycles. The first kappa shape index (κ1) is 15.3. The number of nitrogens with zero attached hydrogens (tertiary/aromatic N) is 1. The van der Waals surface area contributed by atoms with E-state index in [2.05, 4.69) is 42.7 Å². The molecule has 0 aliphatic heterocycles. The highest BCUT2D eigenvalue weighted by Crippen LogP contribution is 2.26. The van der Waals surface area contributed by atoms with Gasteiger partial charge in [-0.1, -0.05) is 27.7 Å². The minimum Gasteiger partial charge on any atom is -0.464 e. The lowest BCUT2D eigenvalue weighted by Crippen LogP contribution is -2.25. The first-order chi connectivity index (χ1) is 8.75. The van der Waals surface area contributed by atoms with E-state index in [1.807, 2.05) is 0 Å². The molecule has 5 heteroatoms. The number of aromatic nitrogens is 1. The van der Waals surface area contributed by atoms with Crippen molar-refractivity contribution in [2.75, 3.05) is 24.7 Å². The molecule has 0 fully saturated rings. The van der Waals surface area contributed by atoms with Crippen molar-refractivity contribution in [1.29, 1.82) is 0 Å². The molecular formula is C14H23N3O2. The van der Waals surface area contributed by atoms with Gasteiger partial charge in [0, 0.05) is 6.54 Å². The molecule has 1 aromatic rings. The normalized spacial score (nSPS) is 12.9. The molecule has 1 unspecified atom stereocenters. The number of esters is 1. The van der Waals surface area contributed by atoms with Crippen molar-refractivity contribution in [3.63, 3.8) is 0 Å². The van der Waals surface area contributed by atoms with E-state index in [1.54, 1.807) is 12.1 Å². The van der Waals surface area contributed by atoms with Crippen molar-refractivity contribution in [1.82, 2.24) is 4.98 Å². The molecular weight excluding hydrogens is 242 g/mol. The Morgan fingerprint density at radius 2 is 2.11 bits per heavy atom. The van der Waals surface area contributed by atoms with Gasteiger partial charge in [-0.3, -0.25) is 0 Å². The van der Waals surface area contributed by atoms with E-state index in [0.717, 1.165) is 6.54 Å². The van der Waals surface area contributed by atoms with Crippen molar-refractivity contribution in [3.8, 4) is 0 Å². The summed E-state index contributed by atoms with van der Waals surface area (Å²) < 4.78 is 4.64. The van der Waals surface area contributed by atoms with Crippen LogP contribution in [0.4, 0.5) is 11.5 Å². The van der Waals surface area contributed by atoms with Crippen LogP contribution in [0.5, 0.6) is 0 Å². The van der Waals surface area contributed by atoms with Gasteiger partial charge >= 0.3 is 5.97 Å². The fraction of sp³-hybridized carbons (Fsp3) is 0.571. The zero-order chi connectivity index (χ0) is 14.6. The molecule has 1 aromatic heterocycles. The molecule has 0 bridgehead atoms. The highest BCUT2D eigenvalue weighted by atomic mass is 16.5. The number of hydrogen-bond donors (Lipinski definition) is 2. The molecule has 0 saturated heterocycles. The second-order valence-corrected chi connectivity index (χ2v) is 5.77. The van der Waals surface area contributed by atoms with Gasteiger partial charge in [-0.2, -0.15) is 0 Å². The quantitative estimate of drug-likeness (QED) is 0.818. The maximum Gasteiger partial charge on any atom is 0.356 e. The van der Waals surface area contributed by atoms with Crippen LogP contribution in [0.15, 0.2) is 12.1 Å². The molecule has 0 aliphatic rings. The first-order valence-electron chi connectivity index (χ1n) is 6.34. The molecule has 0 aliphatic carbocycles. The van der Waals surface area contributed by atoms with Gasteiger partial charge in [0.05, 0.1) is 12.8 Å². The monoisotopic (exact) mass is 265 g/mol. The van der Waals surface area contributed by atoms with Crippen molar-refractivity contribution < 1.29 is 9.53 Å². The average Bonchev–Trinajstić information content (AvgIpc) is 2.35. The molecule has 0 saturated carbocycles. The van der Waals surface area contributed by atoms with Gasteiger partial charge < -0.3 is 15.8 Å². The Balaban J connectivity index is 2.81. The van der Waals surface area contributed by atoms with Gasteiger partial charge in [-0.25, -0.2) is 9.78 Å². The van der Waals surface area contributed by atoms with Crippen molar-refractivity contribution in [3.05, 3.63) is 17.8 Å². The number of carbonyl (C=O) groups excluding carboxylic acids is 1.